The van der Waals surface area contributed by atoms with Crippen LogP contribution in [0.2, 0.25) is 0 Å². The second kappa shape index (κ2) is 17.0. The molecule has 0 aliphatic rings. The van der Waals surface area contributed by atoms with Crippen LogP contribution in [0.3, 0.4) is 0 Å². The number of fused-ring (bicyclic) bond motifs is 8. The molecule has 0 aliphatic heterocycles. The highest BCUT2D eigenvalue weighted by Crippen LogP contribution is 2.50. The molecule has 0 N–H and O–H groups in total. The number of anilines is 3. The molecule has 0 heterocycles. The smallest absolute Gasteiger partial charge is 0.0468 e. The van der Waals surface area contributed by atoms with Crippen LogP contribution in [0.15, 0.2) is 273 Å². The number of benzene rings is 13. The highest BCUT2D eigenvalue weighted by Gasteiger charge is 2.23. The van der Waals surface area contributed by atoms with Gasteiger partial charge < -0.3 is 4.90 Å². The van der Waals surface area contributed by atoms with E-state index in [2.05, 4.69) is 278 Å². The van der Waals surface area contributed by atoms with E-state index < -0.39 is 0 Å². The second-order valence-electron chi connectivity index (χ2n) is 18.0. The minimum absolute atomic E-state index is 1.09. The lowest BCUT2D eigenvalue weighted by molar-refractivity contribution is 1.29. The van der Waals surface area contributed by atoms with Crippen LogP contribution in [0.25, 0.3) is 109 Å². The van der Waals surface area contributed by atoms with Crippen molar-refractivity contribution in [3.8, 4) is 55.6 Å². The van der Waals surface area contributed by atoms with Gasteiger partial charge >= 0.3 is 0 Å². The van der Waals surface area contributed by atoms with Crippen molar-refractivity contribution in [3.63, 3.8) is 0 Å². The average molecular weight is 876 g/mol. The summed E-state index contributed by atoms with van der Waals surface area (Å²) in [7, 11) is 0. The maximum Gasteiger partial charge on any atom is 0.0468 e. The topological polar surface area (TPSA) is 3.24 Å². The molecule has 0 aliphatic carbocycles. The second-order valence-corrected chi connectivity index (χ2v) is 18.0. The number of nitrogens with zero attached hydrogens (tertiary/aromatic N) is 1. The lowest BCUT2D eigenvalue weighted by atomic mass is 9.80. The van der Waals surface area contributed by atoms with E-state index in [9.17, 15) is 0 Å². The van der Waals surface area contributed by atoms with Crippen molar-refractivity contribution in [1.82, 2.24) is 0 Å². The van der Waals surface area contributed by atoms with Crippen molar-refractivity contribution in [2.75, 3.05) is 4.90 Å². The molecule has 0 amide bonds. The van der Waals surface area contributed by atoms with E-state index in [4.69, 9.17) is 0 Å². The van der Waals surface area contributed by atoms with Crippen molar-refractivity contribution < 1.29 is 0 Å². The Bertz CT molecular complexity index is 4020. The zero-order chi connectivity index (χ0) is 45.7. The highest BCUT2D eigenvalue weighted by molar-refractivity contribution is 6.33. The summed E-state index contributed by atoms with van der Waals surface area (Å²) in [5.74, 6) is 0. The zero-order valence-corrected chi connectivity index (χ0v) is 37.9. The van der Waals surface area contributed by atoms with Gasteiger partial charge in [0.05, 0.1) is 0 Å². The average Bonchev–Trinajstić information content (AvgIpc) is 3.43. The third-order valence-corrected chi connectivity index (χ3v) is 14.0. The summed E-state index contributed by atoms with van der Waals surface area (Å²) < 4.78 is 0. The van der Waals surface area contributed by atoms with E-state index in [1.54, 1.807) is 0 Å². The Morgan fingerprint density at radius 1 is 0.203 bits per heavy atom. The molecular formula is C68H45N. The minimum Gasteiger partial charge on any atom is -0.310 e. The molecule has 322 valence electrons. The standard InChI is InChI=1S/C68H45N/c1-5-18-46(19-6-1)53-35-40-60-64(43-53)65-44-54(59-31-17-27-48-23-15-16-30-58(48)59)36-41-61(65)68-66(51-24-9-3-10-25-51)62(49-21-7-2-8-22-49)45-63(67(60)68)50-33-37-56(38-34-50)69(55-28-11-4-12-29-55)57-39-32-47-20-13-14-26-52(47)42-57/h1-45H. The molecule has 0 radical (unpaired) electrons. The Hall–Kier alpha value is -9.04. The summed E-state index contributed by atoms with van der Waals surface area (Å²) in [4.78, 5) is 2.36. The predicted molar refractivity (Wildman–Crippen MR) is 296 cm³/mol. The third-order valence-electron chi connectivity index (χ3n) is 14.0. The van der Waals surface area contributed by atoms with E-state index in [0.717, 1.165) is 22.6 Å². The van der Waals surface area contributed by atoms with Gasteiger partial charge in [0.25, 0.3) is 0 Å². The van der Waals surface area contributed by atoms with Crippen LogP contribution in [0.4, 0.5) is 17.1 Å². The molecule has 13 aromatic carbocycles. The van der Waals surface area contributed by atoms with E-state index in [-0.39, 0.29) is 0 Å². The maximum atomic E-state index is 2.47. The van der Waals surface area contributed by atoms with Crippen molar-refractivity contribution in [3.05, 3.63) is 273 Å². The van der Waals surface area contributed by atoms with Gasteiger partial charge in [0.2, 0.25) is 0 Å². The molecule has 1 heteroatoms. The Morgan fingerprint density at radius 3 is 1.43 bits per heavy atom. The zero-order valence-electron chi connectivity index (χ0n) is 37.9. The summed E-state index contributed by atoms with van der Waals surface area (Å²) in [6, 6.07) is 100. The van der Waals surface area contributed by atoms with Crippen LogP contribution in [-0.4, -0.2) is 0 Å². The normalized spacial score (nSPS) is 11.5. The first-order chi connectivity index (χ1) is 34.2. The highest BCUT2D eigenvalue weighted by atomic mass is 15.1. The van der Waals surface area contributed by atoms with E-state index in [1.165, 1.54) is 104 Å². The Kier molecular flexibility index (Phi) is 9.91. The third kappa shape index (κ3) is 7.12. The van der Waals surface area contributed by atoms with Gasteiger partial charge in [-0.05, 0) is 164 Å². The van der Waals surface area contributed by atoms with Crippen molar-refractivity contribution in [1.29, 1.82) is 0 Å². The van der Waals surface area contributed by atoms with Gasteiger partial charge in [-0.1, -0.05) is 218 Å². The van der Waals surface area contributed by atoms with Crippen LogP contribution in [0.5, 0.6) is 0 Å². The van der Waals surface area contributed by atoms with Crippen LogP contribution in [0.1, 0.15) is 0 Å². The van der Waals surface area contributed by atoms with Gasteiger partial charge in [-0.3, -0.25) is 0 Å². The van der Waals surface area contributed by atoms with Gasteiger partial charge in [-0.25, -0.2) is 0 Å². The Balaban J connectivity index is 1.12. The van der Waals surface area contributed by atoms with Crippen molar-refractivity contribution in [2.24, 2.45) is 0 Å². The first-order valence-corrected chi connectivity index (χ1v) is 23.8. The van der Waals surface area contributed by atoms with Gasteiger partial charge in [0.15, 0.2) is 0 Å². The summed E-state index contributed by atoms with van der Waals surface area (Å²) in [6.45, 7) is 0. The van der Waals surface area contributed by atoms with Crippen molar-refractivity contribution in [2.45, 2.75) is 0 Å². The number of rotatable bonds is 8. The van der Waals surface area contributed by atoms with Crippen LogP contribution in [0, 0.1) is 0 Å². The fraction of sp³-hybridized carbons (Fsp3) is 0. The minimum atomic E-state index is 1.09. The van der Waals surface area contributed by atoms with Gasteiger partial charge in [-0.2, -0.15) is 0 Å². The summed E-state index contributed by atoms with van der Waals surface area (Å²) in [5, 5.41) is 12.4. The van der Waals surface area contributed by atoms with E-state index in [0.29, 0.717) is 0 Å². The van der Waals surface area contributed by atoms with Crippen LogP contribution >= 0.6 is 0 Å². The fourth-order valence-corrected chi connectivity index (χ4v) is 10.8. The Labute approximate surface area is 402 Å². The van der Waals surface area contributed by atoms with Crippen LogP contribution in [-0.2, 0) is 0 Å². The molecule has 13 aromatic rings. The maximum absolute atomic E-state index is 2.47. The number of hydrogen-bond donors (Lipinski definition) is 0. The summed E-state index contributed by atoms with van der Waals surface area (Å²) in [6.07, 6.45) is 0. The van der Waals surface area contributed by atoms with Gasteiger partial charge in [-0.15, -0.1) is 0 Å². The van der Waals surface area contributed by atoms with Crippen LogP contribution < -0.4 is 4.90 Å². The molecule has 1 nitrogen and oxygen atoms in total. The largest absolute Gasteiger partial charge is 0.310 e. The summed E-state index contributed by atoms with van der Waals surface area (Å²) >= 11 is 0. The molecule has 0 bridgehead atoms. The van der Waals surface area contributed by atoms with Gasteiger partial charge in [0, 0.05) is 17.1 Å². The molecule has 69 heavy (non-hydrogen) atoms. The molecule has 0 spiro atoms. The van der Waals surface area contributed by atoms with E-state index in [1.807, 2.05) is 0 Å². The monoisotopic (exact) mass is 875 g/mol. The molecule has 0 saturated heterocycles. The summed E-state index contributed by atoms with van der Waals surface area (Å²) in [5.41, 5.74) is 15.3. The quantitative estimate of drug-likeness (QED) is 0.138. The van der Waals surface area contributed by atoms with Gasteiger partial charge in [0.1, 0.15) is 0 Å². The lowest BCUT2D eigenvalue weighted by Gasteiger charge is -2.26. The molecule has 0 aromatic heterocycles. The predicted octanol–water partition coefficient (Wildman–Crippen LogP) is 19.3. The molecule has 13 rings (SSSR count). The first kappa shape index (κ1) is 40.3. The first-order valence-electron chi connectivity index (χ1n) is 23.8. The molecular weight excluding hydrogens is 831 g/mol. The fourth-order valence-electron chi connectivity index (χ4n) is 10.8. The van der Waals surface area contributed by atoms with Crippen molar-refractivity contribution >= 4 is 70.9 Å². The molecule has 0 unspecified atom stereocenters. The molecule has 0 atom stereocenters. The number of para-hydroxylation sites is 1. The number of hydrogen-bond acceptors (Lipinski definition) is 1. The SMILES string of the molecule is c1ccc(-c2ccc3c(c2)c2cc(-c4cccc5ccccc45)ccc2c2c(-c4ccccc4)c(-c4ccccc4)cc(-c4ccc(N(c5ccccc5)c5ccc6ccccc6c5)cc4)c32)cc1. The Morgan fingerprint density at radius 2 is 0.710 bits per heavy atom. The molecule has 0 fully saturated rings. The lowest BCUT2D eigenvalue weighted by Crippen LogP contribution is -2.09. The molecule has 0 saturated carbocycles. The van der Waals surface area contributed by atoms with E-state index >= 15 is 0 Å².